The number of carbonyl (C=O) groups excluding carboxylic acids is 1. The molecule has 2 aromatic carbocycles. The smallest absolute Gasteiger partial charge is 0.256 e. The zero-order valence-corrected chi connectivity index (χ0v) is 14.1. The first-order valence-electron chi connectivity index (χ1n) is 5.91. The van der Waals surface area contributed by atoms with E-state index in [4.69, 9.17) is 0 Å². The van der Waals surface area contributed by atoms with Crippen LogP contribution >= 0.6 is 31.9 Å². The van der Waals surface area contributed by atoms with Crippen LogP contribution in [0.3, 0.4) is 0 Å². The minimum Gasteiger partial charge on any atom is -0.322 e. The van der Waals surface area contributed by atoms with Crippen LogP contribution in [0.25, 0.3) is 0 Å². The van der Waals surface area contributed by atoms with Crippen molar-refractivity contribution in [1.82, 2.24) is 0 Å². The first-order valence-corrected chi connectivity index (χ1v) is 7.50. The molecule has 1 amide bonds. The summed E-state index contributed by atoms with van der Waals surface area (Å²) in [4.78, 5) is 12.3. The molecule has 1 N–H and O–H groups in total. The number of anilines is 1. The molecule has 0 aliphatic carbocycles. The van der Waals surface area contributed by atoms with Crippen LogP contribution in [-0.2, 0) is 0 Å². The molecule has 0 atom stereocenters. The second-order valence-corrected chi connectivity index (χ2v) is 6.23. The van der Waals surface area contributed by atoms with Crippen LogP contribution in [0.2, 0.25) is 0 Å². The highest BCUT2D eigenvalue weighted by Crippen LogP contribution is 2.26. The van der Waals surface area contributed by atoms with Gasteiger partial charge in [0.1, 0.15) is 5.82 Å². The van der Waals surface area contributed by atoms with Gasteiger partial charge in [-0.1, -0.05) is 11.6 Å². The lowest BCUT2D eigenvalue weighted by Gasteiger charge is -2.11. The van der Waals surface area contributed by atoms with Gasteiger partial charge in [-0.2, -0.15) is 0 Å². The Kier molecular flexibility index (Phi) is 4.60. The lowest BCUT2D eigenvalue weighted by atomic mass is 10.1. The number of amides is 1. The number of aryl methyl sites for hydroxylation is 2. The quantitative estimate of drug-likeness (QED) is 0.735. The molecular weight excluding hydrogens is 389 g/mol. The molecule has 0 spiro atoms. The SMILES string of the molecule is Cc1ccc(Br)c(C(=O)Nc2cc(Br)c(F)cc2C)c1. The third-order valence-corrected chi connectivity index (χ3v) is 4.18. The summed E-state index contributed by atoms with van der Waals surface area (Å²) < 4.78 is 14.4. The maximum absolute atomic E-state index is 13.4. The number of hydrogen-bond donors (Lipinski definition) is 1. The van der Waals surface area contributed by atoms with E-state index in [-0.39, 0.29) is 11.7 Å². The summed E-state index contributed by atoms with van der Waals surface area (Å²) in [7, 11) is 0. The van der Waals surface area contributed by atoms with Crippen LogP contribution in [0.15, 0.2) is 39.3 Å². The van der Waals surface area contributed by atoms with Crippen molar-refractivity contribution in [3.8, 4) is 0 Å². The maximum atomic E-state index is 13.4. The van der Waals surface area contributed by atoms with Crippen molar-refractivity contribution in [3.63, 3.8) is 0 Å². The van der Waals surface area contributed by atoms with Crippen LogP contribution < -0.4 is 5.32 Å². The largest absolute Gasteiger partial charge is 0.322 e. The minimum atomic E-state index is -0.350. The highest BCUT2D eigenvalue weighted by atomic mass is 79.9. The Bertz CT molecular complexity index is 686. The average molecular weight is 401 g/mol. The van der Waals surface area contributed by atoms with Crippen molar-refractivity contribution in [2.24, 2.45) is 0 Å². The Morgan fingerprint density at radius 2 is 1.80 bits per heavy atom. The number of benzene rings is 2. The van der Waals surface area contributed by atoms with E-state index in [0.29, 0.717) is 21.3 Å². The first kappa shape index (κ1) is 15.2. The number of rotatable bonds is 2. The first-order chi connectivity index (χ1) is 9.38. The topological polar surface area (TPSA) is 29.1 Å². The van der Waals surface area contributed by atoms with Gasteiger partial charge < -0.3 is 5.32 Å². The van der Waals surface area contributed by atoms with Crippen molar-refractivity contribution in [1.29, 1.82) is 0 Å². The Morgan fingerprint density at radius 1 is 1.10 bits per heavy atom. The van der Waals surface area contributed by atoms with E-state index in [9.17, 15) is 9.18 Å². The van der Waals surface area contributed by atoms with E-state index in [1.807, 2.05) is 19.1 Å². The molecule has 0 heterocycles. The molecule has 2 nitrogen and oxygen atoms in total. The zero-order chi connectivity index (χ0) is 14.9. The van der Waals surface area contributed by atoms with Crippen molar-refractivity contribution in [2.75, 3.05) is 5.32 Å². The van der Waals surface area contributed by atoms with Gasteiger partial charge in [-0.25, -0.2) is 4.39 Å². The van der Waals surface area contributed by atoms with Crippen LogP contribution in [-0.4, -0.2) is 5.91 Å². The molecule has 0 saturated heterocycles. The summed E-state index contributed by atoms with van der Waals surface area (Å²) in [6, 6.07) is 8.49. The van der Waals surface area contributed by atoms with Gasteiger partial charge in [0.15, 0.2) is 0 Å². The lowest BCUT2D eigenvalue weighted by Crippen LogP contribution is -2.14. The van der Waals surface area contributed by atoms with Crippen molar-refractivity contribution < 1.29 is 9.18 Å². The highest BCUT2D eigenvalue weighted by Gasteiger charge is 2.13. The van der Waals surface area contributed by atoms with Gasteiger partial charge in [-0.3, -0.25) is 4.79 Å². The van der Waals surface area contributed by atoms with Gasteiger partial charge in [0, 0.05) is 10.2 Å². The Morgan fingerprint density at radius 3 is 2.50 bits per heavy atom. The zero-order valence-electron chi connectivity index (χ0n) is 10.9. The fraction of sp³-hybridized carbons (Fsp3) is 0.133. The molecule has 104 valence electrons. The number of carbonyl (C=O) groups is 1. The summed E-state index contributed by atoms with van der Waals surface area (Å²) in [6.45, 7) is 3.67. The molecule has 5 heteroatoms. The number of nitrogens with one attached hydrogen (secondary N) is 1. The molecule has 0 aromatic heterocycles. The molecule has 0 aliphatic rings. The summed E-state index contributed by atoms with van der Waals surface area (Å²) in [6.07, 6.45) is 0. The van der Waals surface area contributed by atoms with Crippen LogP contribution in [0.5, 0.6) is 0 Å². The molecule has 0 fully saturated rings. The van der Waals surface area contributed by atoms with E-state index in [2.05, 4.69) is 37.2 Å². The van der Waals surface area contributed by atoms with E-state index in [0.717, 1.165) is 10.0 Å². The standard InChI is InChI=1S/C15H12Br2FNO/c1-8-3-4-11(16)10(5-8)15(20)19-14-7-12(17)13(18)6-9(14)2/h3-7H,1-2H3,(H,19,20). The summed E-state index contributed by atoms with van der Waals surface area (Å²) >= 11 is 6.48. The second-order valence-electron chi connectivity index (χ2n) is 4.52. The molecule has 0 unspecified atom stereocenters. The highest BCUT2D eigenvalue weighted by molar-refractivity contribution is 9.10. The van der Waals surface area contributed by atoms with Gasteiger partial charge in [-0.15, -0.1) is 0 Å². The second kappa shape index (κ2) is 6.06. The van der Waals surface area contributed by atoms with Crippen LogP contribution in [0.1, 0.15) is 21.5 Å². The average Bonchev–Trinajstić information content (AvgIpc) is 2.38. The van der Waals surface area contributed by atoms with Gasteiger partial charge in [-0.05, 0) is 75.5 Å². The third kappa shape index (κ3) is 3.27. The molecule has 2 aromatic rings. The Hall–Kier alpha value is -1.20. The van der Waals surface area contributed by atoms with Crippen LogP contribution in [0, 0.1) is 19.7 Å². The van der Waals surface area contributed by atoms with E-state index in [1.54, 1.807) is 19.1 Å². The fourth-order valence-electron chi connectivity index (χ4n) is 1.78. The Labute approximate surface area is 133 Å². The van der Waals surface area contributed by atoms with Crippen molar-refractivity contribution in [3.05, 3.63) is 61.8 Å². The Balaban J connectivity index is 2.32. The van der Waals surface area contributed by atoms with Gasteiger partial charge in [0.05, 0.1) is 10.0 Å². The van der Waals surface area contributed by atoms with Crippen LogP contribution in [0.4, 0.5) is 10.1 Å². The molecule has 0 aliphatic heterocycles. The fourth-order valence-corrected chi connectivity index (χ4v) is 2.55. The molecule has 0 bridgehead atoms. The summed E-state index contributed by atoms with van der Waals surface area (Å²) in [5.74, 6) is -0.584. The molecule has 2 rings (SSSR count). The monoisotopic (exact) mass is 399 g/mol. The third-order valence-electron chi connectivity index (χ3n) is 2.88. The van der Waals surface area contributed by atoms with E-state index in [1.165, 1.54) is 6.07 Å². The van der Waals surface area contributed by atoms with E-state index >= 15 is 0 Å². The van der Waals surface area contributed by atoms with E-state index < -0.39 is 0 Å². The molecular formula is C15H12Br2FNO. The summed E-state index contributed by atoms with van der Waals surface area (Å²) in [5.41, 5.74) is 2.79. The van der Waals surface area contributed by atoms with Gasteiger partial charge in [0.25, 0.3) is 5.91 Å². The maximum Gasteiger partial charge on any atom is 0.256 e. The summed E-state index contributed by atoms with van der Waals surface area (Å²) in [5, 5.41) is 2.80. The number of hydrogen-bond acceptors (Lipinski definition) is 1. The molecule has 0 radical (unpaired) electrons. The molecule has 0 saturated carbocycles. The van der Waals surface area contributed by atoms with Crippen molar-refractivity contribution in [2.45, 2.75) is 13.8 Å². The van der Waals surface area contributed by atoms with Gasteiger partial charge >= 0.3 is 0 Å². The predicted molar refractivity (Wildman–Crippen MR) is 85.7 cm³/mol. The van der Waals surface area contributed by atoms with Crippen molar-refractivity contribution >= 4 is 43.5 Å². The van der Waals surface area contributed by atoms with Gasteiger partial charge in [0.2, 0.25) is 0 Å². The normalized spacial score (nSPS) is 10.4. The number of halogens is 3. The molecule has 20 heavy (non-hydrogen) atoms. The minimum absolute atomic E-state index is 0.234. The lowest BCUT2D eigenvalue weighted by molar-refractivity contribution is 0.102. The predicted octanol–water partition coefficient (Wildman–Crippen LogP) is 5.22.